The van der Waals surface area contributed by atoms with Crippen molar-refractivity contribution in [2.45, 2.75) is 84.0 Å². The van der Waals surface area contributed by atoms with Gasteiger partial charge in [0.1, 0.15) is 6.29 Å². The summed E-state index contributed by atoms with van der Waals surface area (Å²) in [6, 6.07) is 0. The molecule has 0 heterocycles. The van der Waals surface area contributed by atoms with Crippen LogP contribution in [0, 0.1) is 0 Å². The molecule has 0 aliphatic carbocycles. The van der Waals surface area contributed by atoms with Gasteiger partial charge in [-0.3, -0.25) is 4.79 Å². The maximum absolute atomic E-state index is 10.9. The van der Waals surface area contributed by atoms with Crippen LogP contribution in [0.2, 0.25) is 0 Å². The van der Waals surface area contributed by atoms with Crippen LogP contribution in [0.5, 0.6) is 0 Å². The van der Waals surface area contributed by atoms with Gasteiger partial charge in [0.05, 0.1) is 6.61 Å². The average molecular weight is 270 g/mol. The number of esters is 1. The summed E-state index contributed by atoms with van der Waals surface area (Å²) in [6.07, 6.45) is 14.3. The summed E-state index contributed by atoms with van der Waals surface area (Å²) in [6.45, 7) is 2.41. The Morgan fingerprint density at radius 2 is 1.32 bits per heavy atom. The second-order valence-corrected chi connectivity index (χ2v) is 5.06. The molecular formula is C16H30O3. The first-order chi connectivity index (χ1) is 9.31. The fraction of sp³-hybridized carbons (Fsp3) is 0.875. The number of ether oxygens (including phenoxy) is 1. The van der Waals surface area contributed by atoms with Crippen LogP contribution < -0.4 is 0 Å². The van der Waals surface area contributed by atoms with Crippen molar-refractivity contribution >= 4 is 12.3 Å². The van der Waals surface area contributed by atoms with Gasteiger partial charge in [0, 0.05) is 12.8 Å². The van der Waals surface area contributed by atoms with Gasteiger partial charge in [-0.05, 0) is 12.8 Å². The lowest BCUT2D eigenvalue weighted by atomic mass is 10.1. The highest BCUT2D eigenvalue weighted by Gasteiger charge is 1.97. The van der Waals surface area contributed by atoms with Gasteiger partial charge in [-0.15, -0.1) is 0 Å². The number of carbonyl (C=O) groups is 2. The first-order valence-corrected chi connectivity index (χ1v) is 7.90. The van der Waals surface area contributed by atoms with Gasteiger partial charge in [0.15, 0.2) is 0 Å². The molecule has 0 aliphatic rings. The van der Waals surface area contributed by atoms with Gasteiger partial charge < -0.3 is 9.53 Å². The van der Waals surface area contributed by atoms with Crippen molar-refractivity contribution in [1.29, 1.82) is 0 Å². The topological polar surface area (TPSA) is 43.4 Å². The summed E-state index contributed by atoms with van der Waals surface area (Å²) in [4.78, 5) is 21.0. The molecule has 0 unspecified atom stereocenters. The lowest BCUT2D eigenvalue weighted by Crippen LogP contribution is -2.03. The molecule has 0 aliphatic heterocycles. The van der Waals surface area contributed by atoms with Crippen LogP contribution in [0.25, 0.3) is 0 Å². The Hall–Kier alpha value is -0.860. The van der Waals surface area contributed by atoms with E-state index >= 15 is 0 Å². The van der Waals surface area contributed by atoms with E-state index in [0.717, 1.165) is 32.0 Å². The molecule has 0 aromatic carbocycles. The van der Waals surface area contributed by atoms with E-state index in [0.29, 0.717) is 13.0 Å². The molecule has 0 spiro atoms. The molecule has 0 N–H and O–H groups in total. The number of unbranched alkanes of at least 4 members (excludes halogenated alkanes) is 10. The highest BCUT2D eigenvalue weighted by Crippen LogP contribution is 2.11. The zero-order valence-electron chi connectivity index (χ0n) is 12.5. The molecule has 3 heteroatoms. The Morgan fingerprint density at radius 1 is 0.842 bits per heavy atom. The summed E-state index contributed by atoms with van der Waals surface area (Å²) >= 11 is 0. The Kier molecular flexibility index (Phi) is 14.5. The number of rotatable bonds is 14. The fourth-order valence-electron chi connectivity index (χ4n) is 2.03. The number of aldehydes is 1. The zero-order chi connectivity index (χ0) is 14.2. The van der Waals surface area contributed by atoms with E-state index in [-0.39, 0.29) is 5.97 Å². The van der Waals surface area contributed by atoms with Gasteiger partial charge in [-0.25, -0.2) is 0 Å². The second-order valence-electron chi connectivity index (χ2n) is 5.06. The van der Waals surface area contributed by atoms with Crippen molar-refractivity contribution in [1.82, 2.24) is 0 Å². The van der Waals surface area contributed by atoms with E-state index in [9.17, 15) is 9.59 Å². The summed E-state index contributed by atoms with van der Waals surface area (Å²) in [7, 11) is 0. The number of hydrogen-bond acceptors (Lipinski definition) is 3. The zero-order valence-corrected chi connectivity index (χ0v) is 12.5. The molecule has 112 valence electrons. The van der Waals surface area contributed by atoms with Crippen LogP contribution >= 0.6 is 0 Å². The summed E-state index contributed by atoms with van der Waals surface area (Å²) in [5.74, 6) is -0.0884. The predicted molar refractivity (Wildman–Crippen MR) is 78.1 cm³/mol. The molecule has 0 aromatic rings. The first-order valence-electron chi connectivity index (χ1n) is 7.90. The minimum absolute atomic E-state index is 0.0884. The second kappa shape index (κ2) is 15.2. The van der Waals surface area contributed by atoms with Crippen LogP contribution in [0.4, 0.5) is 0 Å². The largest absolute Gasteiger partial charge is 0.466 e. The minimum Gasteiger partial charge on any atom is -0.466 e. The van der Waals surface area contributed by atoms with Gasteiger partial charge >= 0.3 is 5.97 Å². The predicted octanol–water partition coefficient (Wildman–Crippen LogP) is 4.43. The molecule has 0 saturated carbocycles. The van der Waals surface area contributed by atoms with Crippen LogP contribution in [0.1, 0.15) is 84.0 Å². The van der Waals surface area contributed by atoms with Gasteiger partial charge in [-0.2, -0.15) is 0 Å². The first kappa shape index (κ1) is 18.1. The van der Waals surface area contributed by atoms with E-state index in [4.69, 9.17) is 4.74 Å². The van der Waals surface area contributed by atoms with Gasteiger partial charge in [-0.1, -0.05) is 58.3 Å². The molecular weight excluding hydrogens is 240 g/mol. The minimum atomic E-state index is -0.0884. The maximum Gasteiger partial charge on any atom is 0.305 e. The fourth-order valence-corrected chi connectivity index (χ4v) is 2.03. The third-order valence-electron chi connectivity index (χ3n) is 3.27. The molecule has 0 amide bonds. The third-order valence-corrected chi connectivity index (χ3v) is 3.27. The van der Waals surface area contributed by atoms with E-state index in [1.165, 1.54) is 44.9 Å². The Bertz CT molecular complexity index is 214. The number of hydrogen-bond donors (Lipinski definition) is 0. The van der Waals surface area contributed by atoms with Crippen molar-refractivity contribution in [2.24, 2.45) is 0 Å². The van der Waals surface area contributed by atoms with Crippen LogP contribution in [0.3, 0.4) is 0 Å². The summed E-state index contributed by atoms with van der Waals surface area (Å²) in [5.41, 5.74) is 0. The van der Waals surface area contributed by atoms with Crippen molar-refractivity contribution in [3.63, 3.8) is 0 Å². The van der Waals surface area contributed by atoms with Crippen LogP contribution in [-0.4, -0.2) is 18.9 Å². The molecule has 19 heavy (non-hydrogen) atoms. The Balaban J connectivity index is 2.99. The van der Waals surface area contributed by atoms with E-state index in [1.54, 1.807) is 0 Å². The van der Waals surface area contributed by atoms with Gasteiger partial charge in [0.2, 0.25) is 0 Å². The SMILES string of the molecule is CCC(=O)OCCCCCCCCCCCCC=O. The highest BCUT2D eigenvalue weighted by molar-refractivity contribution is 5.68. The Labute approximate surface area is 118 Å². The van der Waals surface area contributed by atoms with E-state index < -0.39 is 0 Å². The molecule has 0 atom stereocenters. The maximum atomic E-state index is 10.9. The standard InChI is InChI=1S/C16H30O3/c1-2-16(18)19-15-13-11-9-7-5-3-4-6-8-10-12-14-17/h14H,2-13,15H2,1H3. The smallest absolute Gasteiger partial charge is 0.305 e. The molecule has 0 rings (SSSR count). The quantitative estimate of drug-likeness (QED) is 0.266. The molecule has 3 nitrogen and oxygen atoms in total. The molecule has 0 saturated heterocycles. The molecule has 0 bridgehead atoms. The number of carbonyl (C=O) groups excluding carboxylic acids is 2. The molecule has 0 radical (unpaired) electrons. The molecule has 0 fully saturated rings. The highest BCUT2D eigenvalue weighted by atomic mass is 16.5. The van der Waals surface area contributed by atoms with E-state index in [1.807, 2.05) is 6.92 Å². The van der Waals surface area contributed by atoms with Crippen LogP contribution in [0.15, 0.2) is 0 Å². The monoisotopic (exact) mass is 270 g/mol. The lowest BCUT2D eigenvalue weighted by Gasteiger charge is -2.03. The Morgan fingerprint density at radius 3 is 1.79 bits per heavy atom. The van der Waals surface area contributed by atoms with Crippen molar-refractivity contribution < 1.29 is 14.3 Å². The van der Waals surface area contributed by atoms with Crippen molar-refractivity contribution in [3.8, 4) is 0 Å². The summed E-state index contributed by atoms with van der Waals surface area (Å²) in [5, 5.41) is 0. The van der Waals surface area contributed by atoms with Crippen LogP contribution in [-0.2, 0) is 14.3 Å². The normalized spacial score (nSPS) is 10.4. The van der Waals surface area contributed by atoms with Crippen molar-refractivity contribution in [3.05, 3.63) is 0 Å². The lowest BCUT2D eigenvalue weighted by molar-refractivity contribution is -0.143. The van der Waals surface area contributed by atoms with E-state index in [2.05, 4.69) is 0 Å². The third kappa shape index (κ3) is 15.1. The van der Waals surface area contributed by atoms with Crippen molar-refractivity contribution in [2.75, 3.05) is 6.61 Å². The summed E-state index contributed by atoms with van der Waals surface area (Å²) < 4.78 is 5.02. The average Bonchev–Trinajstić information content (AvgIpc) is 2.43. The van der Waals surface area contributed by atoms with Gasteiger partial charge in [0.25, 0.3) is 0 Å². The molecule has 0 aromatic heterocycles.